The summed E-state index contributed by atoms with van der Waals surface area (Å²) in [6, 6.07) is 22.2. The smallest absolute Gasteiger partial charge is 0.456 e. The van der Waals surface area contributed by atoms with Crippen LogP contribution in [0.25, 0.3) is 33.1 Å². The molecule has 0 N–H and O–H groups in total. The van der Waals surface area contributed by atoms with Crippen molar-refractivity contribution in [3.63, 3.8) is 0 Å². The summed E-state index contributed by atoms with van der Waals surface area (Å²) in [7, 11) is -0.513. The SMILES string of the molecule is CC1(C)OB(c2cc(C#N)cc(-c3ccc4oc5ccccc5c4c3)c2)OC1(C)C. The second-order valence-corrected chi connectivity index (χ2v) is 8.85. The van der Waals surface area contributed by atoms with Crippen molar-refractivity contribution < 1.29 is 13.7 Å². The minimum absolute atomic E-state index is 0.435. The molecule has 3 aromatic carbocycles. The van der Waals surface area contributed by atoms with Crippen LogP contribution < -0.4 is 5.46 Å². The summed E-state index contributed by atoms with van der Waals surface area (Å²) >= 11 is 0. The number of hydrogen-bond acceptors (Lipinski definition) is 4. The van der Waals surface area contributed by atoms with E-state index in [1.807, 2.05) is 76.2 Å². The highest BCUT2D eigenvalue weighted by Gasteiger charge is 2.51. The summed E-state index contributed by atoms with van der Waals surface area (Å²) < 4.78 is 18.4. The van der Waals surface area contributed by atoms with Crippen molar-refractivity contribution in [2.24, 2.45) is 0 Å². The summed E-state index contributed by atoms with van der Waals surface area (Å²) in [6.07, 6.45) is 0. The quantitative estimate of drug-likeness (QED) is 0.425. The molecule has 1 aromatic heterocycles. The van der Waals surface area contributed by atoms with Crippen LogP contribution in [0, 0.1) is 11.3 Å². The van der Waals surface area contributed by atoms with Crippen LogP contribution in [0.5, 0.6) is 0 Å². The molecular weight excluding hydrogens is 373 g/mol. The number of para-hydroxylation sites is 1. The van der Waals surface area contributed by atoms with E-state index in [4.69, 9.17) is 13.7 Å². The third-order valence-electron chi connectivity index (χ3n) is 6.32. The van der Waals surface area contributed by atoms with Gasteiger partial charge in [0.15, 0.2) is 0 Å². The molecule has 0 saturated carbocycles. The molecular formula is C25H22BNO3. The molecule has 0 unspecified atom stereocenters. The number of hydrogen-bond donors (Lipinski definition) is 0. The summed E-state index contributed by atoms with van der Waals surface area (Å²) in [5.41, 5.74) is 4.24. The average Bonchev–Trinajstić information content (AvgIpc) is 3.20. The van der Waals surface area contributed by atoms with E-state index in [1.165, 1.54) is 0 Å². The number of benzene rings is 3. The molecule has 0 atom stereocenters. The van der Waals surface area contributed by atoms with Gasteiger partial charge in [0.1, 0.15) is 11.2 Å². The average molecular weight is 395 g/mol. The molecule has 1 aliphatic rings. The van der Waals surface area contributed by atoms with Gasteiger partial charge in [0, 0.05) is 10.8 Å². The van der Waals surface area contributed by atoms with E-state index in [-0.39, 0.29) is 0 Å². The molecule has 5 rings (SSSR count). The predicted octanol–water partition coefficient (Wildman–Crippen LogP) is 5.42. The van der Waals surface area contributed by atoms with E-state index >= 15 is 0 Å². The molecule has 0 radical (unpaired) electrons. The third-order valence-corrected chi connectivity index (χ3v) is 6.32. The van der Waals surface area contributed by atoms with Crippen molar-refractivity contribution in [1.82, 2.24) is 0 Å². The van der Waals surface area contributed by atoms with Crippen LogP contribution in [0.2, 0.25) is 0 Å². The number of fused-ring (bicyclic) bond motifs is 3. The molecule has 2 heterocycles. The normalized spacial score (nSPS) is 17.5. The molecule has 0 spiro atoms. The number of nitriles is 1. The first-order valence-electron chi connectivity index (χ1n) is 10.1. The lowest BCUT2D eigenvalue weighted by molar-refractivity contribution is 0.00578. The van der Waals surface area contributed by atoms with Crippen LogP contribution >= 0.6 is 0 Å². The minimum atomic E-state index is -0.513. The van der Waals surface area contributed by atoms with Gasteiger partial charge < -0.3 is 13.7 Å². The lowest BCUT2D eigenvalue weighted by Gasteiger charge is -2.32. The first-order chi connectivity index (χ1) is 14.3. The van der Waals surface area contributed by atoms with Crippen molar-refractivity contribution in [2.75, 3.05) is 0 Å². The Balaban J connectivity index is 1.62. The standard InChI is InChI=1S/C25H22BNO3/c1-24(2)25(3,4)30-26(29-24)19-12-16(15-27)11-18(13-19)17-9-10-23-21(14-17)20-7-5-6-8-22(20)28-23/h5-14H,1-4H3. The van der Waals surface area contributed by atoms with Crippen molar-refractivity contribution in [1.29, 1.82) is 5.26 Å². The molecule has 5 heteroatoms. The van der Waals surface area contributed by atoms with Crippen LogP contribution in [-0.4, -0.2) is 18.3 Å². The molecule has 0 aliphatic carbocycles. The Morgan fingerprint density at radius 1 is 0.767 bits per heavy atom. The van der Waals surface area contributed by atoms with Gasteiger partial charge in [-0.15, -0.1) is 0 Å². The molecule has 4 nitrogen and oxygen atoms in total. The van der Waals surface area contributed by atoms with Crippen LogP contribution in [0.1, 0.15) is 33.3 Å². The van der Waals surface area contributed by atoms with Crippen LogP contribution in [0.4, 0.5) is 0 Å². The fourth-order valence-corrected chi connectivity index (χ4v) is 3.90. The zero-order valence-electron chi connectivity index (χ0n) is 17.5. The van der Waals surface area contributed by atoms with Crippen molar-refractivity contribution in [3.8, 4) is 17.2 Å². The van der Waals surface area contributed by atoms with Gasteiger partial charge >= 0.3 is 7.12 Å². The van der Waals surface area contributed by atoms with Crippen LogP contribution in [-0.2, 0) is 9.31 Å². The molecule has 4 aromatic rings. The monoisotopic (exact) mass is 395 g/mol. The Morgan fingerprint density at radius 2 is 1.47 bits per heavy atom. The van der Waals surface area contributed by atoms with Gasteiger partial charge in [-0.25, -0.2) is 0 Å². The Bertz CT molecular complexity index is 1310. The molecule has 30 heavy (non-hydrogen) atoms. The van der Waals surface area contributed by atoms with E-state index in [9.17, 15) is 5.26 Å². The first-order valence-corrected chi connectivity index (χ1v) is 10.1. The molecule has 0 bridgehead atoms. The lowest BCUT2D eigenvalue weighted by Crippen LogP contribution is -2.41. The van der Waals surface area contributed by atoms with Crippen molar-refractivity contribution >= 4 is 34.5 Å². The Kier molecular flexibility index (Phi) is 4.08. The topological polar surface area (TPSA) is 55.4 Å². The molecule has 1 saturated heterocycles. The lowest BCUT2D eigenvalue weighted by atomic mass is 9.77. The second kappa shape index (κ2) is 6.47. The fraction of sp³-hybridized carbons (Fsp3) is 0.240. The number of furan rings is 1. The number of rotatable bonds is 2. The largest absolute Gasteiger partial charge is 0.494 e. The third kappa shape index (κ3) is 2.92. The van der Waals surface area contributed by atoms with E-state index in [0.717, 1.165) is 38.5 Å². The van der Waals surface area contributed by atoms with E-state index in [1.54, 1.807) is 0 Å². The highest BCUT2D eigenvalue weighted by molar-refractivity contribution is 6.62. The van der Waals surface area contributed by atoms with Crippen molar-refractivity contribution in [3.05, 3.63) is 66.2 Å². The van der Waals surface area contributed by atoms with Gasteiger partial charge in [-0.05, 0) is 74.6 Å². The van der Waals surface area contributed by atoms with Gasteiger partial charge in [0.2, 0.25) is 0 Å². The zero-order valence-corrected chi connectivity index (χ0v) is 17.5. The van der Waals surface area contributed by atoms with Crippen LogP contribution in [0.15, 0.2) is 65.1 Å². The summed E-state index contributed by atoms with van der Waals surface area (Å²) in [6.45, 7) is 8.11. The Hall–Kier alpha value is -3.07. The molecule has 0 amide bonds. The highest BCUT2D eigenvalue weighted by atomic mass is 16.7. The Labute approximate surface area is 176 Å². The summed E-state index contributed by atoms with van der Waals surface area (Å²) in [5, 5.41) is 11.8. The fourth-order valence-electron chi connectivity index (χ4n) is 3.90. The van der Waals surface area contributed by atoms with Gasteiger partial charge in [-0.3, -0.25) is 0 Å². The van der Waals surface area contributed by atoms with Gasteiger partial charge in [-0.1, -0.05) is 30.3 Å². The minimum Gasteiger partial charge on any atom is -0.456 e. The van der Waals surface area contributed by atoms with E-state index in [0.29, 0.717) is 5.56 Å². The van der Waals surface area contributed by atoms with E-state index < -0.39 is 18.3 Å². The summed E-state index contributed by atoms with van der Waals surface area (Å²) in [5.74, 6) is 0. The molecule has 148 valence electrons. The maximum atomic E-state index is 9.61. The maximum absolute atomic E-state index is 9.61. The van der Waals surface area contributed by atoms with E-state index in [2.05, 4.69) is 18.2 Å². The van der Waals surface area contributed by atoms with Crippen LogP contribution in [0.3, 0.4) is 0 Å². The van der Waals surface area contributed by atoms with Gasteiger partial charge in [0.05, 0.1) is 22.8 Å². The first kappa shape index (κ1) is 18.9. The maximum Gasteiger partial charge on any atom is 0.494 e. The molecule has 1 aliphatic heterocycles. The molecule has 1 fully saturated rings. The summed E-state index contributed by atoms with van der Waals surface area (Å²) in [4.78, 5) is 0. The zero-order chi connectivity index (χ0) is 21.1. The highest BCUT2D eigenvalue weighted by Crippen LogP contribution is 2.37. The Morgan fingerprint density at radius 3 is 2.20 bits per heavy atom. The van der Waals surface area contributed by atoms with Crippen molar-refractivity contribution in [2.45, 2.75) is 38.9 Å². The van der Waals surface area contributed by atoms with Gasteiger partial charge in [0.25, 0.3) is 0 Å². The predicted molar refractivity (Wildman–Crippen MR) is 120 cm³/mol. The number of nitrogens with zero attached hydrogens (tertiary/aromatic N) is 1. The second-order valence-electron chi connectivity index (χ2n) is 8.85. The van der Waals surface area contributed by atoms with Gasteiger partial charge in [-0.2, -0.15) is 5.26 Å².